The first-order valence-corrected chi connectivity index (χ1v) is 8.01. The van der Waals surface area contributed by atoms with Crippen molar-refractivity contribution in [2.75, 3.05) is 20.8 Å². The van der Waals surface area contributed by atoms with Gasteiger partial charge >= 0.3 is 0 Å². The molecule has 1 unspecified atom stereocenters. The summed E-state index contributed by atoms with van der Waals surface area (Å²) >= 11 is 0. The Morgan fingerprint density at radius 3 is 2.55 bits per heavy atom. The van der Waals surface area contributed by atoms with Gasteiger partial charge in [0.15, 0.2) is 11.5 Å². The van der Waals surface area contributed by atoms with Crippen LogP contribution in [0.5, 0.6) is 11.5 Å². The van der Waals surface area contributed by atoms with E-state index in [1.165, 1.54) is 5.56 Å². The molecule has 112 valence electrons. The van der Waals surface area contributed by atoms with E-state index in [1.54, 1.807) is 14.2 Å². The largest absolute Gasteiger partial charge is 0.493 e. The molecule has 0 fully saturated rings. The predicted octanol–water partition coefficient (Wildman–Crippen LogP) is 0.917. The van der Waals surface area contributed by atoms with Gasteiger partial charge < -0.3 is 9.47 Å². The van der Waals surface area contributed by atoms with E-state index in [2.05, 4.69) is 4.72 Å². The second-order valence-corrected chi connectivity index (χ2v) is 6.27. The van der Waals surface area contributed by atoms with Crippen LogP contribution in [-0.2, 0) is 16.6 Å². The van der Waals surface area contributed by atoms with Gasteiger partial charge in [0.2, 0.25) is 0 Å². The van der Waals surface area contributed by atoms with E-state index in [0.717, 1.165) is 24.8 Å². The first kappa shape index (κ1) is 15.1. The zero-order valence-electron chi connectivity index (χ0n) is 11.7. The van der Waals surface area contributed by atoms with Crippen LogP contribution in [0.1, 0.15) is 29.9 Å². The van der Waals surface area contributed by atoms with Crippen LogP contribution < -0.4 is 19.3 Å². The predicted molar refractivity (Wildman–Crippen MR) is 76.3 cm³/mol. The molecule has 0 aromatic heterocycles. The molecule has 1 aromatic carbocycles. The van der Waals surface area contributed by atoms with Gasteiger partial charge in [-0.05, 0) is 48.4 Å². The molecule has 3 N–H and O–H groups in total. The number of hydrogen-bond acceptors (Lipinski definition) is 4. The molecule has 0 bridgehead atoms. The minimum atomic E-state index is -3.66. The van der Waals surface area contributed by atoms with Crippen molar-refractivity contribution in [3.05, 3.63) is 23.3 Å². The topological polar surface area (TPSA) is 90.7 Å². The Kier molecular flexibility index (Phi) is 4.52. The smallest absolute Gasteiger partial charge is 0.274 e. The Hall–Kier alpha value is -1.31. The van der Waals surface area contributed by atoms with Gasteiger partial charge in [0, 0.05) is 6.54 Å². The van der Waals surface area contributed by atoms with Gasteiger partial charge in [-0.3, -0.25) is 0 Å². The van der Waals surface area contributed by atoms with Gasteiger partial charge in [0.25, 0.3) is 10.2 Å². The molecule has 0 spiro atoms. The van der Waals surface area contributed by atoms with Crippen LogP contribution in [0.25, 0.3) is 0 Å². The van der Waals surface area contributed by atoms with Gasteiger partial charge in [0.05, 0.1) is 14.2 Å². The van der Waals surface area contributed by atoms with Crippen LogP contribution >= 0.6 is 0 Å². The van der Waals surface area contributed by atoms with Crippen LogP contribution in [0.4, 0.5) is 0 Å². The molecule has 0 saturated carbocycles. The summed E-state index contributed by atoms with van der Waals surface area (Å²) in [7, 11) is -0.468. The minimum absolute atomic E-state index is 0.108. The van der Waals surface area contributed by atoms with Crippen molar-refractivity contribution in [3.63, 3.8) is 0 Å². The number of rotatable bonds is 5. The third kappa shape index (κ3) is 3.41. The number of fused-ring (bicyclic) bond motifs is 1. The van der Waals surface area contributed by atoms with Crippen molar-refractivity contribution >= 4 is 10.2 Å². The van der Waals surface area contributed by atoms with Crippen molar-refractivity contribution in [3.8, 4) is 11.5 Å². The molecule has 6 nitrogen and oxygen atoms in total. The standard InChI is InChI=1S/C13H20N2O4S/c1-18-12-6-9-4-3-5-10(8-15-20(14,16)17)11(9)7-13(12)19-2/h6-7,10,15H,3-5,8H2,1-2H3,(H2,14,16,17). The number of methoxy groups -OCH3 is 2. The van der Waals surface area contributed by atoms with E-state index in [-0.39, 0.29) is 5.92 Å². The molecule has 0 saturated heterocycles. The summed E-state index contributed by atoms with van der Waals surface area (Å²) in [6, 6.07) is 3.90. The highest BCUT2D eigenvalue weighted by Crippen LogP contribution is 2.38. The van der Waals surface area contributed by atoms with Crippen LogP contribution in [0.2, 0.25) is 0 Å². The lowest BCUT2D eigenvalue weighted by atomic mass is 9.82. The molecule has 0 aliphatic heterocycles. The summed E-state index contributed by atoms with van der Waals surface area (Å²) in [5, 5.41) is 4.99. The highest BCUT2D eigenvalue weighted by Gasteiger charge is 2.23. The first-order chi connectivity index (χ1) is 9.44. The molecular weight excluding hydrogens is 280 g/mol. The number of hydrogen-bond donors (Lipinski definition) is 2. The lowest BCUT2D eigenvalue weighted by molar-refractivity contribution is 0.352. The number of aryl methyl sites for hydroxylation is 1. The monoisotopic (exact) mass is 300 g/mol. The summed E-state index contributed by atoms with van der Waals surface area (Å²) in [5.41, 5.74) is 2.28. The Bertz CT molecular complexity index is 586. The number of nitrogens with two attached hydrogens (primary N) is 1. The Morgan fingerprint density at radius 1 is 1.30 bits per heavy atom. The lowest BCUT2D eigenvalue weighted by Crippen LogP contribution is -2.34. The normalized spacial score (nSPS) is 18.4. The molecule has 2 rings (SSSR count). The zero-order chi connectivity index (χ0) is 14.8. The van der Waals surface area contributed by atoms with E-state index >= 15 is 0 Å². The average Bonchev–Trinajstić information content (AvgIpc) is 2.42. The molecule has 0 radical (unpaired) electrons. The fourth-order valence-corrected chi connectivity index (χ4v) is 3.09. The summed E-state index contributed by atoms with van der Waals surface area (Å²) in [4.78, 5) is 0. The fraction of sp³-hybridized carbons (Fsp3) is 0.538. The molecule has 0 heterocycles. The molecule has 20 heavy (non-hydrogen) atoms. The number of nitrogens with one attached hydrogen (secondary N) is 1. The van der Waals surface area contributed by atoms with Crippen molar-refractivity contribution in [1.29, 1.82) is 0 Å². The van der Waals surface area contributed by atoms with E-state index in [0.29, 0.717) is 18.0 Å². The minimum Gasteiger partial charge on any atom is -0.493 e. The zero-order valence-corrected chi connectivity index (χ0v) is 12.5. The average molecular weight is 300 g/mol. The second kappa shape index (κ2) is 5.99. The van der Waals surface area contributed by atoms with Crippen LogP contribution in [0.15, 0.2) is 12.1 Å². The third-order valence-electron chi connectivity index (χ3n) is 3.61. The van der Waals surface area contributed by atoms with E-state index in [4.69, 9.17) is 14.6 Å². The Labute approximate surface area is 119 Å². The maximum Gasteiger partial charge on any atom is 0.274 e. The van der Waals surface area contributed by atoms with Gasteiger partial charge in [-0.2, -0.15) is 8.42 Å². The third-order valence-corrected chi connectivity index (χ3v) is 4.18. The van der Waals surface area contributed by atoms with Gasteiger partial charge in [-0.1, -0.05) is 0 Å². The van der Waals surface area contributed by atoms with E-state index in [9.17, 15) is 8.42 Å². The van der Waals surface area contributed by atoms with E-state index in [1.807, 2.05) is 12.1 Å². The van der Waals surface area contributed by atoms with Crippen molar-refractivity contribution in [1.82, 2.24) is 4.72 Å². The van der Waals surface area contributed by atoms with Crippen LogP contribution in [0.3, 0.4) is 0 Å². The summed E-state index contributed by atoms with van der Waals surface area (Å²) in [6.07, 6.45) is 2.89. The van der Waals surface area contributed by atoms with Crippen LogP contribution in [-0.4, -0.2) is 29.2 Å². The van der Waals surface area contributed by atoms with Crippen LogP contribution in [0, 0.1) is 0 Å². The van der Waals surface area contributed by atoms with Gasteiger partial charge in [0.1, 0.15) is 0 Å². The summed E-state index contributed by atoms with van der Waals surface area (Å²) < 4.78 is 35.0. The van der Waals surface area contributed by atoms with Crippen molar-refractivity contribution in [2.24, 2.45) is 5.14 Å². The molecular formula is C13H20N2O4S. The molecule has 1 aliphatic rings. The van der Waals surface area contributed by atoms with Gasteiger partial charge in [-0.25, -0.2) is 9.86 Å². The van der Waals surface area contributed by atoms with Gasteiger partial charge in [-0.15, -0.1) is 0 Å². The van der Waals surface area contributed by atoms with Crippen molar-refractivity contribution < 1.29 is 17.9 Å². The second-order valence-electron chi connectivity index (χ2n) is 4.89. The Morgan fingerprint density at radius 2 is 1.95 bits per heavy atom. The molecule has 1 aliphatic carbocycles. The van der Waals surface area contributed by atoms with E-state index < -0.39 is 10.2 Å². The maximum absolute atomic E-state index is 11.0. The number of ether oxygens (including phenoxy) is 2. The molecule has 1 aromatic rings. The highest BCUT2D eigenvalue weighted by molar-refractivity contribution is 7.87. The number of benzene rings is 1. The maximum atomic E-state index is 11.0. The summed E-state index contributed by atoms with van der Waals surface area (Å²) in [6.45, 7) is 0.307. The summed E-state index contributed by atoms with van der Waals surface area (Å²) in [5.74, 6) is 1.47. The lowest BCUT2D eigenvalue weighted by Gasteiger charge is -2.26. The highest BCUT2D eigenvalue weighted by atomic mass is 32.2. The van der Waals surface area contributed by atoms with Crippen molar-refractivity contribution in [2.45, 2.75) is 25.2 Å². The first-order valence-electron chi connectivity index (χ1n) is 6.46. The fourth-order valence-electron chi connectivity index (χ4n) is 2.66. The SMILES string of the molecule is COc1cc2c(cc1OC)C(CNS(N)(=O)=O)CCC2. The molecule has 1 atom stereocenters. The molecule has 0 amide bonds. The Balaban J connectivity index is 2.30. The molecule has 7 heteroatoms. The quantitative estimate of drug-likeness (QED) is 0.846.